The third-order valence-corrected chi connectivity index (χ3v) is 4.98. The predicted octanol–water partition coefficient (Wildman–Crippen LogP) is 6.36. The van der Waals surface area contributed by atoms with E-state index in [4.69, 9.17) is 17.8 Å². The van der Waals surface area contributed by atoms with Crippen molar-refractivity contribution in [2.24, 2.45) is 0 Å². The molecule has 2 aromatic carbocycles. The maximum absolute atomic E-state index is 14.3. The van der Waals surface area contributed by atoms with Gasteiger partial charge in [-0.3, -0.25) is 9.78 Å². The molecule has 8 nitrogen and oxygen atoms in total. The predicted molar refractivity (Wildman–Crippen MR) is 141 cm³/mol. The summed E-state index contributed by atoms with van der Waals surface area (Å²) in [6.45, 7) is -5.93. The molecular weight excluding hydrogens is 507 g/mol. The van der Waals surface area contributed by atoms with Gasteiger partial charge in [-0.1, -0.05) is 6.07 Å². The molecule has 196 valence electrons. The second-order valence-electron chi connectivity index (χ2n) is 7.69. The van der Waals surface area contributed by atoms with E-state index < -0.39 is 96.3 Å². The van der Waals surface area contributed by atoms with Crippen LogP contribution in [0.3, 0.4) is 0 Å². The van der Waals surface area contributed by atoms with Crippen LogP contribution < -0.4 is 10.6 Å². The van der Waals surface area contributed by atoms with Gasteiger partial charge in [0.1, 0.15) is 1.37 Å². The molecular formula is C28H22F3N7O. The summed E-state index contributed by atoms with van der Waals surface area (Å²) in [6, 6.07) is 1.35. The Labute approximate surface area is 239 Å². The van der Waals surface area contributed by atoms with Crippen LogP contribution in [0.1, 0.15) is 45.0 Å². The highest BCUT2D eigenvalue weighted by Gasteiger charge is 2.31. The fraction of sp³-hybridized carbons (Fsp3) is 0.107. The first-order chi connectivity index (χ1) is 24.0. The first-order valence-corrected chi connectivity index (χ1v) is 10.8. The molecule has 5 rings (SSSR count). The van der Waals surface area contributed by atoms with Crippen molar-refractivity contribution in [3.63, 3.8) is 0 Å². The van der Waals surface area contributed by atoms with E-state index in [0.29, 0.717) is 5.56 Å². The van der Waals surface area contributed by atoms with Crippen molar-refractivity contribution < 1.29 is 35.8 Å². The van der Waals surface area contributed by atoms with Crippen LogP contribution in [-0.2, 0) is 6.18 Å². The molecule has 0 fully saturated rings. The SMILES string of the molecule is [2H]c1nc(Nc2cc(C(=O)Nc3c([2H])c(-n4c([2H])nc(C([2H])([2H])[2H])c4[2H])c([2H])c(C(F)(F)F)c3[2H])ccc2C([2H])([2H])[2H])nc(-c2cccnc2)c1[2H]. The summed E-state index contributed by atoms with van der Waals surface area (Å²) >= 11 is 0. The summed E-state index contributed by atoms with van der Waals surface area (Å²) in [5.74, 6) is -1.66. The Kier molecular flexibility index (Phi) is 3.77. The highest BCUT2D eigenvalue weighted by atomic mass is 19.4. The van der Waals surface area contributed by atoms with E-state index in [-0.39, 0.29) is 27.9 Å². The molecule has 0 bridgehead atoms. The van der Waals surface area contributed by atoms with Crippen LogP contribution in [0.15, 0.2) is 85.5 Å². The first-order valence-electron chi connectivity index (χ1n) is 17.3. The molecule has 5 aromatic rings. The molecule has 39 heavy (non-hydrogen) atoms. The molecule has 11 heteroatoms. The Hall–Kier alpha value is -5.06. The molecule has 0 aliphatic carbocycles. The average Bonchev–Trinajstić information content (AvgIpc) is 3.33. The van der Waals surface area contributed by atoms with E-state index in [0.717, 1.165) is 18.2 Å². The van der Waals surface area contributed by atoms with Crippen LogP contribution >= 0.6 is 0 Å². The minimum Gasteiger partial charge on any atom is -0.324 e. The number of halogens is 3. The molecule has 0 saturated carbocycles. The van der Waals surface area contributed by atoms with Crippen LogP contribution in [0.5, 0.6) is 0 Å². The maximum Gasteiger partial charge on any atom is 0.416 e. The Morgan fingerprint density at radius 3 is 2.77 bits per heavy atom. The van der Waals surface area contributed by atoms with Crippen molar-refractivity contribution in [3.8, 4) is 16.9 Å². The lowest BCUT2D eigenvalue weighted by Crippen LogP contribution is -2.14. The van der Waals surface area contributed by atoms with Crippen molar-refractivity contribution in [2.45, 2.75) is 19.9 Å². The van der Waals surface area contributed by atoms with E-state index in [1.807, 2.05) is 5.32 Å². The van der Waals surface area contributed by atoms with Gasteiger partial charge >= 0.3 is 6.18 Å². The van der Waals surface area contributed by atoms with Gasteiger partial charge in [0.25, 0.3) is 5.91 Å². The summed E-state index contributed by atoms with van der Waals surface area (Å²) < 4.78 is 147. The Morgan fingerprint density at radius 1 is 1.13 bits per heavy atom. The number of carbonyl (C=O) groups excluding carboxylic acids is 1. The smallest absolute Gasteiger partial charge is 0.324 e. The van der Waals surface area contributed by atoms with Crippen LogP contribution in [0.4, 0.5) is 30.5 Å². The number of pyridine rings is 1. The third kappa shape index (κ3) is 5.93. The van der Waals surface area contributed by atoms with Gasteiger partial charge in [-0.25, -0.2) is 15.0 Å². The second kappa shape index (κ2) is 10.4. The normalized spacial score (nSPS) is 16.7. The highest BCUT2D eigenvalue weighted by Crippen LogP contribution is 2.33. The lowest BCUT2D eigenvalue weighted by Gasteiger charge is -2.14. The van der Waals surface area contributed by atoms with Gasteiger partial charge in [-0.2, -0.15) is 13.2 Å². The van der Waals surface area contributed by atoms with Crippen molar-refractivity contribution in [3.05, 3.63) is 108 Å². The standard InChI is InChI=1S/C28H22F3N7O/c1-17-5-6-19(10-25(17)37-27-33-9-7-24(36-27)20-4-3-8-32-14-20)26(39)35-22-11-21(28(29,30)31)12-23(13-22)38-15-18(2)34-16-38/h3-16H,1-2H3,(H,35,39)(H,33,36,37)/i1D3,2D3,7D,9D,11D,12D,13D,15D,16D. The Morgan fingerprint density at radius 2 is 2.03 bits per heavy atom. The van der Waals surface area contributed by atoms with Crippen molar-refractivity contribution in [2.75, 3.05) is 10.6 Å². The number of aromatic nitrogens is 5. The Balaban J connectivity index is 1.63. The van der Waals surface area contributed by atoms with Gasteiger partial charge in [0.05, 0.1) is 31.5 Å². The maximum atomic E-state index is 14.3. The zero-order chi connectivity index (χ0) is 38.7. The molecule has 0 unspecified atom stereocenters. The fourth-order valence-electron chi connectivity index (χ4n) is 3.22. The molecule has 2 N–H and O–H groups in total. The van der Waals surface area contributed by atoms with Crippen molar-refractivity contribution >= 4 is 23.2 Å². The van der Waals surface area contributed by atoms with E-state index in [1.165, 1.54) is 12.4 Å². The van der Waals surface area contributed by atoms with Gasteiger partial charge in [0.2, 0.25) is 5.95 Å². The second-order valence-corrected chi connectivity index (χ2v) is 7.69. The lowest BCUT2D eigenvalue weighted by atomic mass is 10.1. The Bertz CT molecular complexity index is 2230. The van der Waals surface area contributed by atoms with E-state index in [2.05, 4.69) is 25.3 Å². The molecule has 0 atom stereocenters. The number of rotatable bonds is 6. The number of hydrogen-bond acceptors (Lipinski definition) is 6. The van der Waals surface area contributed by atoms with E-state index in [1.54, 1.807) is 12.1 Å². The van der Waals surface area contributed by atoms with Gasteiger partial charge in [0.15, 0.2) is 0 Å². The zero-order valence-corrected chi connectivity index (χ0v) is 19.3. The molecule has 0 spiro atoms. The average molecular weight is 543 g/mol. The van der Waals surface area contributed by atoms with Crippen molar-refractivity contribution in [1.29, 1.82) is 0 Å². The summed E-state index contributed by atoms with van der Waals surface area (Å²) in [6.07, 6.45) is -5.43. The minimum absolute atomic E-state index is 0.0458. The number of nitrogens with zero attached hydrogens (tertiary/aromatic N) is 5. The van der Waals surface area contributed by atoms with Gasteiger partial charge in [-0.05, 0) is 67.7 Å². The molecule has 0 radical (unpaired) electrons. The lowest BCUT2D eigenvalue weighted by molar-refractivity contribution is -0.137. The molecule has 1 amide bonds. The van der Waals surface area contributed by atoms with Crippen LogP contribution in [0.25, 0.3) is 16.9 Å². The van der Waals surface area contributed by atoms with E-state index >= 15 is 0 Å². The molecule has 0 aliphatic heterocycles. The summed E-state index contributed by atoms with van der Waals surface area (Å²) in [7, 11) is 0. The molecule has 3 aromatic heterocycles. The number of carbonyl (C=O) groups is 1. The number of anilines is 3. The number of aryl methyl sites for hydroxylation is 2. The quantitative estimate of drug-likeness (QED) is 0.259. The van der Waals surface area contributed by atoms with Crippen LogP contribution in [0.2, 0.25) is 0 Å². The number of nitrogens with one attached hydrogen (secondary N) is 2. The van der Waals surface area contributed by atoms with Crippen LogP contribution in [-0.4, -0.2) is 30.4 Å². The first kappa shape index (κ1) is 14.2. The van der Waals surface area contributed by atoms with E-state index in [9.17, 15) is 18.0 Å². The number of hydrogen-bond donors (Lipinski definition) is 2. The largest absolute Gasteiger partial charge is 0.416 e. The molecule has 0 aliphatic rings. The zero-order valence-electron chi connectivity index (χ0n) is 32.3. The van der Waals surface area contributed by atoms with Crippen LogP contribution in [0, 0.1) is 13.7 Å². The minimum atomic E-state index is -5.45. The van der Waals surface area contributed by atoms with Gasteiger partial charge < -0.3 is 15.2 Å². The number of alkyl halides is 3. The van der Waals surface area contributed by atoms with Gasteiger partial charge in [-0.15, -0.1) is 0 Å². The van der Waals surface area contributed by atoms with Crippen molar-refractivity contribution in [1.82, 2.24) is 24.5 Å². The summed E-state index contributed by atoms with van der Waals surface area (Å²) in [5, 5.41) is 4.59. The molecule has 0 saturated heterocycles. The van der Waals surface area contributed by atoms with Gasteiger partial charge in [0, 0.05) is 61.2 Å². The number of imidazole rings is 1. The number of benzene rings is 2. The molecule has 3 heterocycles. The summed E-state index contributed by atoms with van der Waals surface area (Å²) in [5.41, 5.74) is -6.18. The highest BCUT2D eigenvalue weighted by molar-refractivity contribution is 6.05. The number of amides is 1. The monoisotopic (exact) mass is 542 g/mol. The third-order valence-electron chi connectivity index (χ3n) is 4.98. The topological polar surface area (TPSA) is 97.6 Å². The fourth-order valence-corrected chi connectivity index (χ4v) is 3.22. The summed E-state index contributed by atoms with van der Waals surface area (Å²) in [4.78, 5) is 29.0.